The molecule has 2 aromatic rings. The van der Waals surface area contributed by atoms with E-state index in [2.05, 4.69) is 0 Å². The van der Waals surface area contributed by atoms with E-state index in [9.17, 15) is 13.0 Å². The predicted octanol–water partition coefficient (Wildman–Crippen LogP) is -1.25. The van der Waals surface area contributed by atoms with E-state index in [1.165, 1.54) is 12.1 Å². The monoisotopic (exact) mass is 246 g/mol. The van der Waals surface area contributed by atoms with Gasteiger partial charge in [0.1, 0.15) is 10.1 Å². The zero-order chi connectivity index (χ0) is 10.2. The quantitative estimate of drug-likeness (QED) is 0.466. The van der Waals surface area contributed by atoms with E-state index in [1.54, 1.807) is 18.2 Å². The predicted molar refractivity (Wildman–Crippen MR) is 51.9 cm³/mol. The molecular formula is C10H7KO3S. The van der Waals surface area contributed by atoms with Crippen molar-refractivity contribution < 1.29 is 64.4 Å². The molecule has 0 bridgehead atoms. The van der Waals surface area contributed by atoms with Gasteiger partial charge in [-0.15, -0.1) is 0 Å². The molecule has 0 amide bonds. The van der Waals surface area contributed by atoms with Crippen molar-refractivity contribution in [1.82, 2.24) is 0 Å². The standard InChI is InChI=1S/C10H8O3S.K/c11-14(12,13)10-6-5-8-3-1-2-4-9(8)7-10;/h1-7H,(H,11,12,13);/q;+1/p-1. The molecule has 0 aliphatic carbocycles. The van der Waals surface area contributed by atoms with Gasteiger partial charge in [-0.2, -0.15) is 0 Å². The van der Waals surface area contributed by atoms with Crippen LogP contribution in [0, 0.1) is 0 Å². The molecule has 0 heterocycles. The smallest absolute Gasteiger partial charge is 0.744 e. The summed E-state index contributed by atoms with van der Waals surface area (Å²) in [6, 6.07) is 11.6. The van der Waals surface area contributed by atoms with Gasteiger partial charge in [0.25, 0.3) is 0 Å². The molecule has 0 aromatic heterocycles. The first kappa shape index (κ1) is 13.3. The normalized spacial score (nSPS) is 11.0. The van der Waals surface area contributed by atoms with Crippen LogP contribution in [0.25, 0.3) is 10.8 Å². The van der Waals surface area contributed by atoms with Crippen LogP contribution in [0.1, 0.15) is 0 Å². The summed E-state index contributed by atoms with van der Waals surface area (Å²) in [4.78, 5) is -0.184. The molecule has 0 N–H and O–H groups in total. The second kappa shape index (κ2) is 5.05. The minimum Gasteiger partial charge on any atom is -0.744 e. The molecule has 0 aliphatic heterocycles. The van der Waals surface area contributed by atoms with Crippen molar-refractivity contribution in [2.24, 2.45) is 0 Å². The number of rotatable bonds is 1. The molecular weight excluding hydrogens is 239 g/mol. The summed E-state index contributed by atoms with van der Waals surface area (Å²) in [6.45, 7) is 0. The van der Waals surface area contributed by atoms with Gasteiger partial charge in [-0.1, -0.05) is 30.3 Å². The zero-order valence-electron chi connectivity index (χ0n) is 8.17. The molecule has 0 spiro atoms. The first-order valence-corrected chi connectivity index (χ1v) is 5.43. The molecule has 2 rings (SSSR count). The van der Waals surface area contributed by atoms with E-state index in [-0.39, 0.29) is 56.3 Å². The molecule has 5 heteroatoms. The molecule has 0 aliphatic rings. The van der Waals surface area contributed by atoms with Gasteiger partial charge >= 0.3 is 51.4 Å². The summed E-state index contributed by atoms with van der Waals surface area (Å²) in [5, 5.41) is 1.67. The Morgan fingerprint density at radius 2 is 1.53 bits per heavy atom. The Hall–Kier alpha value is 0.246. The Morgan fingerprint density at radius 3 is 2.13 bits per heavy atom. The van der Waals surface area contributed by atoms with Crippen LogP contribution in [-0.4, -0.2) is 13.0 Å². The van der Waals surface area contributed by atoms with E-state index in [1.807, 2.05) is 12.1 Å². The van der Waals surface area contributed by atoms with Gasteiger partial charge < -0.3 is 4.55 Å². The third kappa shape index (κ3) is 3.10. The summed E-state index contributed by atoms with van der Waals surface area (Å²) < 4.78 is 32.2. The van der Waals surface area contributed by atoms with Crippen molar-refractivity contribution in [2.75, 3.05) is 0 Å². The largest absolute Gasteiger partial charge is 1.00 e. The van der Waals surface area contributed by atoms with Crippen LogP contribution in [0.5, 0.6) is 0 Å². The maximum absolute atomic E-state index is 10.7. The Morgan fingerprint density at radius 1 is 0.933 bits per heavy atom. The number of fused-ring (bicyclic) bond motifs is 1. The molecule has 72 valence electrons. The van der Waals surface area contributed by atoms with Crippen LogP contribution in [0.4, 0.5) is 0 Å². The maximum Gasteiger partial charge on any atom is 1.00 e. The fraction of sp³-hybridized carbons (Fsp3) is 0. The Kier molecular flexibility index (Phi) is 4.48. The summed E-state index contributed by atoms with van der Waals surface area (Å²) in [5.41, 5.74) is 0. The number of hydrogen-bond acceptors (Lipinski definition) is 3. The van der Waals surface area contributed by atoms with E-state index >= 15 is 0 Å². The Bertz CT molecular complexity index is 578. The van der Waals surface area contributed by atoms with Crippen LogP contribution in [0.2, 0.25) is 0 Å². The van der Waals surface area contributed by atoms with Crippen molar-refractivity contribution in [2.45, 2.75) is 4.90 Å². The fourth-order valence-corrected chi connectivity index (χ4v) is 1.83. The minimum absolute atomic E-state index is 0. The Labute approximate surface area is 131 Å². The second-order valence-electron chi connectivity index (χ2n) is 2.96. The minimum atomic E-state index is -4.34. The van der Waals surface area contributed by atoms with Crippen LogP contribution in [-0.2, 0) is 10.1 Å². The van der Waals surface area contributed by atoms with Gasteiger partial charge in [-0.3, -0.25) is 0 Å². The molecule has 0 radical (unpaired) electrons. The summed E-state index contributed by atoms with van der Waals surface area (Å²) >= 11 is 0. The SMILES string of the molecule is O=S(=O)([O-])c1ccc2ccccc2c1.[K+]. The van der Waals surface area contributed by atoms with Crippen molar-refractivity contribution >= 4 is 20.9 Å². The molecule has 0 unspecified atom stereocenters. The van der Waals surface area contributed by atoms with Crippen LogP contribution >= 0.6 is 0 Å². The average Bonchev–Trinajstić information content (AvgIpc) is 2.16. The number of hydrogen-bond donors (Lipinski definition) is 0. The first-order valence-electron chi connectivity index (χ1n) is 4.02. The Balaban J connectivity index is 0.00000112. The number of benzene rings is 2. The van der Waals surface area contributed by atoms with Gasteiger partial charge in [-0.05, 0) is 22.9 Å². The summed E-state index contributed by atoms with van der Waals surface area (Å²) in [7, 11) is -4.34. The maximum atomic E-state index is 10.7. The van der Waals surface area contributed by atoms with E-state index in [4.69, 9.17) is 0 Å². The van der Waals surface area contributed by atoms with E-state index in [0.717, 1.165) is 10.8 Å². The second-order valence-corrected chi connectivity index (χ2v) is 4.34. The van der Waals surface area contributed by atoms with E-state index in [0.29, 0.717) is 0 Å². The van der Waals surface area contributed by atoms with Gasteiger partial charge in [0.05, 0.1) is 4.90 Å². The third-order valence-electron chi connectivity index (χ3n) is 2.01. The van der Waals surface area contributed by atoms with Gasteiger partial charge in [0, 0.05) is 0 Å². The van der Waals surface area contributed by atoms with Crippen molar-refractivity contribution in [1.29, 1.82) is 0 Å². The molecule has 3 nitrogen and oxygen atoms in total. The molecule has 15 heavy (non-hydrogen) atoms. The fourth-order valence-electron chi connectivity index (χ4n) is 1.32. The summed E-state index contributed by atoms with van der Waals surface area (Å²) in [6.07, 6.45) is 0. The molecule has 0 fully saturated rings. The third-order valence-corrected chi connectivity index (χ3v) is 2.84. The topological polar surface area (TPSA) is 57.2 Å². The molecule has 2 aromatic carbocycles. The molecule has 0 saturated carbocycles. The summed E-state index contributed by atoms with van der Waals surface area (Å²) in [5.74, 6) is 0. The van der Waals surface area contributed by atoms with Gasteiger partial charge in [0.15, 0.2) is 0 Å². The molecule has 0 saturated heterocycles. The van der Waals surface area contributed by atoms with Crippen LogP contribution in [0.3, 0.4) is 0 Å². The van der Waals surface area contributed by atoms with Crippen LogP contribution < -0.4 is 51.4 Å². The van der Waals surface area contributed by atoms with Gasteiger partial charge in [-0.25, -0.2) is 8.42 Å². The van der Waals surface area contributed by atoms with Crippen LogP contribution in [0.15, 0.2) is 47.4 Å². The molecule has 0 atom stereocenters. The van der Waals surface area contributed by atoms with Crippen molar-refractivity contribution in [3.05, 3.63) is 42.5 Å². The first-order chi connectivity index (χ1) is 6.57. The van der Waals surface area contributed by atoms with Crippen molar-refractivity contribution in [3.63, 3.8) is 0 Å². The average molecular weight is 246 g/mol. The van der Waals surface area contributed by atoms with Crippen molar-refractivity contribution in [3.8, 4) is 0 Å². The van der Waals surface area contributed by atoms with Gasteiger partial charge in [0.2, 0.25) is 0 Å². The zero-order valence-corrected chi connectivity index (χ0v) is 12.1. The van der Waals surface area contributed by atoms with E-state index < -0.39 is 10.1 Å².